The van der Waals surface area contributed by atoms with Gasteiger partial charge in [-0.3, -0.25) is 4.79 Å². The first kappa shape index (κ1) is 33.1. The molecule has 218 valence electrons. The average molecular weight is 551 g/mol. The molecule has 0 heterocycles. The SMILES string of the molecule is C=C(C=O)CO.C=C(CO)C(=O)OCC(CO)c1ccc(-c2ccc(C3CCC(CCCCC)CC3)cc2)cc1. The summed E-state index contributed by atoms with van der Waals surface area (Å²) in [5.74, 6) is 0.667. The number of hydrogen-bond donors (Lipinski definition) is 3. The van der Waals surface area contributed by atoms with Crippen molar-refractivity contribution in [2.75, 3.05) is 26.4 Å². The summed E-state index contributed by atoms with van der Waals surface area (Å²) in [5.41, 5.74) is 4.89. The highest BCUT2D eigenvalue weighted by molar-refractivity contribution is 5.87. The second-order valence-electron chi connectivity index (χ2n) is 10.6. The lowest BCUT2D eigenvalue weighted by Gasteiger charge is -2.29. The third kappa shape index (κ3) is 10.8. The van der Waals surface area contributed by atoms with Crippen LogP contribution >= 0.6 is 0 Å². The molecular weight excluding hydrogens is 504 g/mol. The number of ether oxygens (including phenoxy) is 1. The van der Waals surface area contributed by atoms with Crippen LogP contribution in [0, 0.1) is 5.92 Å². The molecule has 1 aliphatic rings. The molecule has 0 spiro atoms. The quantitative estimate of drug-likeness (QED) is 0.113. The molecule has 6 nitrogen and oxygen atoms in total. The maximum Gasteiger partial charge on any atom is 0.335 e. The lowest BCUT2D eigenvalue weighted by atomic mass is 9.77. The van der Waals surface area contributed by atoms with E-state index in [-0.39, 0.29) is 36.9 Å². The lowest BCUT2D eigenvalue weighted by molar-refractivity contribution is -0.140. The van der Waals surface area contributed by atoms with Crippen LogP contribution in [-0.4, -0.2) is 54.0 Å². The van der Waals surface area contributed by atoms with E-state index in [0.717, 1.165) is 17.0 Å². The maximum absolute atomic E-state index is 11.7. The van der Waals surface area contributed by atoms with Crippen LogP contribution in [0.3, 0.4) is 0 Å². The van der Waals surface area contributed by atoms with Crippen LogP contribution in [0.25, 0.3) is 11.1 Å². The normalized spacial score (nSPS) is 17.2. The molecule has 40 heavy (non-hydrogen) atoms. The molecular formula is C34H46O6. The minimum Gasteiger partial charge on any atom is -0.462 e. The van der Waals surface area contributed by atoms with E-state index in [1.165, 1.54) is 62.5 Å². The molecule has 2 aromatic carbocycles. The second kappa shape index (κ2) is 18.3. The van der Waals surface area contributed by atoms with Gasteiger partial charge in [0.2, 0.25) is 0 Å². The first-order valence-electron chi connectivity index (χ1n) is 14.4. The predicted molar refractivity (Wildman–Crippen MR) is 160 cm³/mol. The highest BCUT2D eigenvalue weighted by Gasteiger charge is 2.22. The number of benzene rings is 2. The molecule has 1 aliphatic carbocycles. The summed E-state index contributed by atoms with van der Waals surface area (Å²) < 4.78 is 5.16. The number of unbranched alkanes of at least 4 members (excludes halogenated alkanes) is 2. The Bertz CT molecular complexity index is 1050. The van der Waals surface area contributed by atoms with Crippen molar-refractivity contribution in [3.63, 3.8) is 0 Å². The molecule has 1 fully saturated rings. The average Bonchev–Trinajstić information content (AvgIpc) is 3.01. The van der Waals surface area contributed by atoms with Gasteiger partial charge in [-0.15, -0.1) is 0 Å². The van der Waals surface area contributed by atoms with Crippen molar-refractivity contribution in [2.45, 2.75) is 70.1 Å². The van der Waals surface area contributed by atoms with Crippen LogP contribution in [0.4, 0.5) is 0 Å². The van der Waals surface area contributed by atoms with E-state index >= 15 is 0 Å². The number of aliphatic hydroxyl groups excluding tert-OH is 3. The Morgan fingerprint density at radius 1 is 0.925 bits per heavy atom. The molecule has 0 amide bonds. The van der Waals surface area contributed by atoms with Gasteiger partial charge >= 0.3 is 5.97 Å². The number of esters is 1. The topological polar surface area (TPSA) is 104 Å². The summed E-state index contributed by atoms with van der Waals surface area (Å²) in [5, 5.41) is 26.7. The highest BCUT2D eigenvalue weighted by Crippen LogP contribution is 2.38. The van der Waals surface area contributed by atoms with Gasteiger partial charge in [-0.05, 0) is 59.8 Å². The van der Waals surface area contributed by atoms with Gasteiger partial charge in [-0.2, -0.15) is 0 Å². The van der Waals surface area contributed by atoms with Crippen LogP contribution < -0.4 is 0 Å². The molecule has 3 N–H and O–H groups in total. The zero-order valence-electron chi connectivity index (χ0n) is 23.9. The van der Waals surface area contributed by atoms with Gasteiger partial charge in [0.15, 0.2) is 0 Å². The summed E-state index contributed by atoms with van der Waals surface area (Å²) >= 11 is 0. The van der Waals surface area contributed by atoms with Gasteiger partial charge in [-0.1, -0.05) is 94.3 Å². The van der Waals surface area contributed by atoms with Crippen molar-refractivity contribution >= 4 is 12.3 Å². The molecule has 0 radical (unpaired) electrons. The number of carbonyl (C=O) groups excluding carboxylic acids is 2. The van der Waals surface area contributed by atoms with Crippen LogP contribution in [0.15, 0.2) is 72.8 Å². The van der Waals surface area contributed by atoms with Crippen LogP contribution in [-0.2, 0) is 14.3 Å². The molecule has 0 aliphatic heterocycles. The lowest BCUT2D eigenvalue weighted by Crippen LogP contribution is -2.17. The number of aldehydes is 1. The Morgan fingerprint density at radius 2 is 1.52 bits per heavy atom. The number of hydrogen-bond acceptors (Lipinski definition) is 6. The first-order chi connectivity index (χ1) is 19.4. The zero-order chi connectivity index (χ0) is 29.3. The van der Waals surface area contributed by atoms with Crippen molar-refractivity contribution in [3.05, 3.63) is 84.0 Å². The summed E-state index contributed by atoms with van der Waals surface area (Å²) in [6.45, 7) is 8.16. The number of rotatable bonds is 14. The fourth-order valence-corrected chi connectivity index (χ4v) is 5.00. The molecule has 3 rings (SSSR count). The van der Waals surface area contributed by atoms with E-state index in [9.17, 15) is 14.7 Å². The third-order valence-corrected chi connectivity index (χ3v) is 7.65. The van der Waals surface area contributed by atoms with E-state index in [1.54, 1.807) is 0 Å². The smallest absolute Gasteiger partial charge is 0.335 e. The van der Waals surface area contributed by atoms with E-state index in [1.807, 2.05) is 24.3 Å². The summed E-state index contributed by atoms with van der Waals surface area (Å²) in [4.78, 5) is 21.2. The van der Waals surface area contributed by atoms with Crippen LogP contribution in [0.1, 0.15) is 81.3 Å². The Balaban J connectivity index is 0.000000840. The molecule has 2 aromatic rings. The van der Waals surface area contributed by atoms with Crippen molar-refractivity contribution in [1.29, 1.82) is 0 Å². The molecule has 1 saturated carbocycles. The van der Waals surface area contributed by atoms with E-state index in [2.05, 4.69) is 44.3 Å². The summed E-state index contributed by atoms with van der Waals surface area (Å²) in [6, 6.07) is 17.0. The molecule has 0 saturated heterocycles. The zero-order valence-corrected chi connectivity index (χ0v) is 23.9. The molecule has 1 unspecified atom stereocenters. The fourth-order valence-electron chi connectivity index (χ4n) is 5.00. The van der Waals surface area contributed by atoms with Crippen molar-refractivity contribution < 1.29 is 29.6 Å². The van der Waals surface area contributed by atoms with Gasteiger partial charge in [0.05, 0.1) is 25.4 Å². The number of aliphatic hydroxyl groups is 3. The monoisotopic (exact) mass is 550 g/mol. The largest absolute Gasteiger partial charge is 0.462 e. The van der Waals surface area contributed by atoms with Crippen LogP contribution in [0.5, 0.6) is 0 Å². The van der Waals surface area contributed by atoms with Gasteiger partial charge in [0.25, 0.3) is 0 Å². The third-order valence-electron chi connectivity index (χ3n) is 7.65. The highest BCUT2D eigenvalue weighted by atomic mass is 16.5. The first-order valence-corrected chi connectivity index (χ1v) is 14.4. The van der Waals surface area contributed by atoms with Crippen molar-refractivity contribution in [2.24, 2.45) is 5.92 Å². The van der Waals surface area contributed by atoms with Gasteiger partial charge < -0.3 is 20.1 Å². The molecule has 1 atom stereocenters. The molecule has 0 aromatic heterocycles. The van der Waals surface area contributed by atoms with Gasteiger partial charge in [0.1, 0.15) is 12.9 Å². The second-order valence-corrected chi connectivity index (χ2v) is 10.6. The fraction of sp³-hybridized carbons (Fsp3) is 0.471. The van der Waals surface area contributed by atoms with Gasteiger partial charge in [-0.25, -0.2) is 4.79 Å². The Labute approximate surface area is 239 Å². The van der Waals surface area contributed by atoms with E-state index < -0.39 is 12.6 Å². The van der Waals surface area contributed by atoms with E-state index in [4.69, 9.17) is 14.9 Å². The Kier molecular flexibility index (Phi) is 15.2. The standard InChI is InChI=1S/C30H40O4.C4H6O2/c1-3-4-5-6-23-7-9-24(10-8-23)25-11-13-26(14-12-25)27-15-17-28(18-16-27)29(20-32)21-34-30(33)22(2)19-31;1-4(2-5)3-6/h11-18,23-24,29,31-32H,2-10,19-21H2,1H3;2,6H,1,3H2. The van der Waals surface area contributed by atoms with Gasteiger partial charge in [0, 0.05) is 11.5 Å². The number of carbonyl (C=O) groups is 2. The summed E-state index contributed by atoms with van der Waals surface area (Å²) in [6.07, 6.45) is 11.4. The maximum atomic E-state index is 11.7. The Hall–Kier alpha value is -3.06. The van der Waals surface area contributed by atoms with Crippen LogP contribution in [0.2, 0.25) is 0 Å². The van der Waals surface area contributed by atoms with Crippen molar-refractivity contribution in [1.82, 2.24) is 0 Å². The molecule has 6 heteroatoms. The summed E-state index contributed by atoms with van der Waals surface area (Å²) in [7, 11) is 0. The Morgan fingerprint density at radius 3 is 2.00 bits per heavy atom. The van der Waals surface area contributed by atoms with E-state index in [0.29, 0.717) is 12.2 Å². The molecule has 0 bridgehead atoms. The minimum absolute atomic E-state index is 0.00972. The predicted octanol–water partition coefficient (Wildman–Crippen LogP) is 6.11. The minimum atomic E-state index is -0.636. The van der Waals surface area contributed by atoms with Crippen molar-refractivity contribution in [3.8, 4) is 11.1 Å².